The number of anilines is 1. The summed E-state index contributed by atoms with van der Waals surface area (Å²) >= 11 is 1.83. The summed E-state index contributed by atoms with van der Waals surface area (Å²) in [5.74, 6) is 1.91. The fourth-order valence-corrected chi connectivity index (χ4v) is 5.12. The maximum absolute atomic E-state index is 11.8. The quantitative estimate of drug-likeness (QED) is 0.873. The van der Waals surface area contributed by atoms with E-state index >= 15 is 0 Å². The zero-order valence-electron chi connectivity index (χ0n) is 13.6. The topological polar surface area (TPSA) is 58.1 Å². The number of aromatic nitrogens is 2. The molecule has 2 aliphatic rings. The Hall–Kier alpha value is -1.69. The summed E-state index contributed by atoms with van der Waals surface area (Å²) < 4.78 is 0. The summed E-state index contributed by atoms with van der Waals surface area (Å²) in [5, 5.41) is 4.20. The van der Waals surface area contributed by atoms with E-state index in [1.54, 1.807) is 6.33 Å². The van der Waals surface area contributed by atoms with E-state index in [-0.39, 0.29) is 11.9 Å². The van der Waals surface area contributed by atoms with Crippen LogP contribution in [-0.4, -0.2) is 35.0 Å². The van der Waals surface area contributed by atoms with Crippen LogP contribution >= 0.6 is 11.3 Å². The fraction of sp³-hybridized carbons (Fsp3) is 0.588. The lowest BCUT2D eigenvalue weighted by Gasteiger charge is -2.28. The summed E-state index contributed by atoms with van der Waals surface area (Å²) in [4.78, 5) is 25.8. The highest BCUT2D eigenvalue weighted by Crippen LogP contribution is 2.41. The third kappa shape index (κ3) is 2.59. The first-order valence-electron chi connectivity index (χ1n) is 8.42. The number of carbonyl (C=O) groups is 1. The number of aryl methyl sites for hydroxylation is 1. The number of thiophene rings is 1. The molecule has 1 aliphatic carbocycles. The van der Waals surface area contributed by atoms with Crippen LogP contribution in [0.2, 0.25) is 0 Å². The van der Waals surface area contributed by atoms with E-state index in [1.807, 2.05) is 11.3 Å². The van der Waals surface area contributed by atoms with Crippen LogP contribution in [0, 0.1) is 5.92 Å². The van der Waals surface area contributed by atoms with Crippen LogP contribution in [0.1, 0.15) is 37.1 Å². The summed E-state index contributed by atoms with van der Waals surface area (Å²) in [6.45, 7) is 5.92. The van der Waals surface area contributed by atoms with Crippen molar-refractivity contribution in [2.75, 3.05) is 18.0 Å². The molecule has 122 valence electrons. The van der Waals surface area contributed by atoms with Crippen LogP contribution in [0.15, 0.2) is 6.33 Å². The Morgan fingerprint density at radius 1 is 1.30 bits per heavy atom. The lowest BCUT2D eigenvalue weighted by molar-refractivity contribution is -0.120. The Morgan fingerprint density at radius 3 is 3.04 bits per heavy atom. The number of hydrogen-bond donors (Lipinski definition) is 1. The number of rotatable bonds is 1. The molecule has 0 unspecified atom stereocenters. The van der Waals surface area contributed by atoms with Gasteiger partial charge in [0.2, 0.25) is 5.91 Å². The van der Waals surface area contributed by atoms with Crippen molar-refractivity contribution >= 4 is 33.3 Å². The molecule has 6 heteroatoms. The Bertz CT molecular complexity index is 756. The van der Waals surface area contributed by atoms with Gasteiger partial charge in [0, 0.05) is 30.4 Å². The van der Waals surface area contributed by atoms with E-state index in [2.05, 4.69) is 34.0 Å². The Morgan fingerprint density at radius 2 is 2.17 bits per heavy atom. The highest BCUT2D eigenvalue weighted by molar-refractivity contribution is 7.19. The van der Waals surface area contributed by atoms with Gasteiger partial charge in [-0.2, -0.15) is 0 Å². The molecule has 23 heavy (non-hydrogen) atoms. The van der Waals surface area contributed by atoms with Crippen LogP contribution in [0.25, 0.3) is 10.2 Å². The van der Waals surface area contributed by atoms with Crippen molar-refractivity contribution in [3.05, 3.63) is 16.8 Å². The molecule has 1 fully saturated rings. The number of nitrogens with zero attached hydrogens (tertiary/aromatic N) is 3. The van der Waals surface area contributed by atoms with Crippen molar-refractivity contribution in [2.24, 2.45) is 5.92 Å². The highest BCUT2D eigenvalue weighted by Gasteiger charge is 2.28. The predicted molar refractivity (Wildman–Crippen MR) is 93.0 cm³/mol. The molecule has 0 spiro atoms. The fourth-order valence-electron chi connectivity index (χ4n) is 3.78. The first-order chi connectivity index (χ1) is 11.1. The predicted octanol–water partition coefficient (Wildman–Crippen LogP) is 2.53. The van der Waals surface area contributed by atoms with Crippen molar-refractivity contribution < 1.29 is 4.79 Å². The standard InChI is InChI=1S/C17H22N4OS/c1-10-3-4-12-13(7-10)23-17-15(12)16(19-9-20-17)21-6-5-18-14(22)8-11(21)2/h9-11H,3-8H2,1-2H3,(H,18,22)/t10-,11+/m1/s1. The molecule has 1 amide bonds. The third-order valence-corrected chi connectivity index (χ3v) is 6.19. The minimum atomic E-state index is 0.131. The number of amides is 1. The highest BCUT2D eigenvalue weighted by atomic mass is 32.1. The Labute approximate surface area is 140 Å². The molecule has 3 heterocycles. The monoisotopic (exact) mass is 330 g/mol. The van der Waals surface area contributed by atoms with Gasteiger partial charge in [0.25, 0.3) is 0 Å². The van der Waals surface area contributed by atoms with Gasteiger partial charge in [0.05, 0.1) is 5.39 Å². The smallest absolute Gasteiger partial charge is 0.222 e. The van der Waals surface area contributed by atoms with E-state index in [9.17, 15) is 4.79 Å². The molecule has 1 saturated heterocycles. The molecule has 2 aromatic heterocycles. The van der Waals surface area contributed by atoms with E-state index in [1.165, 1.54) is 22.2 Å². The molecule has 5 nitrogen and oxygen atoms in total. The van der Waals surface area contributed by atoms with Gasteiger partial charge < -0.3 is 10.2 Å². The average molecular weight is 330 g/mol. The normalized spacial score (nSPS) is 25.1. The second-order valence-electron chi connectivity index (χ2n) is 6.83. The van der Waals surface area contributed by atoms with E-state index < -0.39 is 0 Å². The van der Waals surface area contributed by atoms with Gasteiger partial charge in [0.1, 0.15) is 17.0 Å². The lowest BCUT2D eigenvalue weighted by atomic mass is 9.89. The Kier molecular flexibility index (Phi) is 3.71. The van der Waals surface area contributed by atoms with E-state index in [0.717, 1.165) is 36.0 Å². The van der Waals surface area contributed by atoms with Crippen LogP contribution in [-0.2, 0) is 17.6 Å². The van der Waals surface area contributed by atoms with Crippen LogP contribution in [0.5, 0.6) is 0 Å². The maximum Gasteiger partial charge on any atom is 0.222 e. The molecule has 4 rings (SSSR count). The van der Waals surface area contributed by atoms with Gasteiger partial charge in [-0.15, -0.1) is 11.3 Å². The van der Waals surface area contributed by atoms with Crippen molar-refractivity contribution in [2.45, 2.75) is 45.6 Å². The Balaban J connectivity index is 1.82. The van der Waals surface area contributed by atoms with E-state index in [4.69, 9.17) is 0 Å². The number of hydrogen-bond acceptors (Lipinski definition) is 5. The number of nitrogens with one attached hydrogen (secondary N) is 1. The molecule has 0 saturated carbocycles. The largest absolute Gasteiger partial charge is 0.354 e. The van der Waals surface area contributed by atoms with Crippen LogP contribution in [0.3, 0.4) is 0 Å². The number of carbonyl (C=O) groups excluding carboxylic acids is 1. The average Bonchev–Trinajstić information content (AvgIpc) is 2.79. The van der Waals surface area contributed by atoms with E-state index in [0.29, 0.717) is 13.0 Å². The summed E-state index contributed by atoms with van der Waals surface area (Å²) in [6, 6.07) is 0.161. The SMILES string of the molecule is C[C@@H]1CCc2c(sc3ncnc(N4CCNC(=O)C[C@@H]4C)c23)C1. The third-order valence-electron chi connectivity index (χ3n) is 5.03. The van der Waals surface area contributed by atoms with Gasteiger partial charge in [-0.1, -0.05) is 6.92 Å². The molecule has 2 atom stereocenters. The van der Waals surface area contributed by atoms with Crippen LogP contribution < -0.4 is 10.2 Å². The lowest BCUT2D eigenvalue weighted by Crippen LogP contribution is -2.35. The summed E-state index contributed by atoms with van der Waals surface area (Å²) in [6.07, 6.45) is 5.72. The molecule has 1 N–H and O–H groups in total. The second-order valence-corrected chi connectivity index (χ2v) is 7.91. The van der Waals surface area contributed by atoms with Crippen LogP contribution in [0.4, 0.5) is 5.82 Å². The summed E-state index contributed by atoms with van der Waals surface area (Å²) in [5.41, 5.74) is 1.45. The minimum absolute atomic E-state index is 0.131. The van der Waals surface area contributed by atoms with Gasteiger partial charge in [-0.05, 0) is 37.7 Å². The second kappa shape index (κ2) is 5.74. The summed E-state index contributed by atoms with van der Waals surface area (Å²) in [7, 11) is 0. The molecule has 0 aromatic carbocycles. The van der Waals surface area contributed by atoms with Crippen molar-refractivity contribution in [1.82, 2.24) is 15.3 Å². The maximum atomic E-state index is 11.8. The van der Waals surface area contributed by atoms with Gasteiger partial charge >= 0.3 is 0 Å². The first kappa shape index (κ1) is 14.9. The van der Waals surface area contributed by atoms with Crippen molar-refractivity contribution in [3.63, 3.8) is 0 Å². The molecular weight excluding hydrogens is 308 g/mol. The van der Waals surface area contributed by atoms with Crippen molar-refractivity contribution in [3.8, 4) is 0 Å². The zero-order chi connectivity index (χ0) is 16.0. The molecule has 1 aliphatic heterocycles. The van der Waals surface area contributed by atoms with Gasteiger partial charge in [-0.3, -0.25) is 4.79 Å². The van der Waals surface area contributed by atoms with Crippen molar-refractivity contribution in [1.29, 1.82) is 0 Å². The zero-order valence-corrected chi connectivity index (χ0v) is 14.4. The molecule has 2 aromatic rings. The van der Waals surface area contributed by atoms with Gasteiger partial charge in [-0.25, -0.2) is 9.97 Å². The molecule has 0 bridgehead atoms. The molecule has 0 radical (unpaired) electrons. The number of fused-ring (bicyclic) bond motifs is 3. The first-order valence-corrected chi connectivity index (χ1v) is 9.23. The molecular formula is C17H22N4OS. The van der Waals surface area contributed by atoms with Gasteiger partial charge in [0.15, 0.2) is 0 Å². The minimum Gasteiger partial charge on any atom is -0.354 e.